The van der Waals surface area contributed by atoms with Gasteiger partial charge in [0, 0.05) is 37.3 Å². The Morgan fingerprint density at radius 1 is 1.06 bits per heavy atom. The van der Waals surface area contributed by atoms with Crippen LogP contribution in [-0.2, 0) is 6.54 Å². The van der Waals surface area contributed by atoms with E-state index in [0.717, 1.165) is 43.2 Å². The zero-order valence-corrected chi connectivity index (χ0v) is 18.5. The summed E-state index contributed by atoms with van der Waals surface area (Å²) in [5, 5.41) is 6.52. The van der Waals surface area contributed by atoms with Crippen LogP contribution in [0.1, 0.15) is 40.6 Å². The van der Waals surface area contributed by atoms with Crippen molar-refractivity contribution >= 4 is 11.7 Å². The second-order valence-electron chi connectivity index (χ2n) is 7.97. The third-order valence-corrected chi connectivity index (χ3v) is 5.59. The Hall–Kier alpha value is -3.45. The molecule has 1 aromatic heterocycles. The fourth-order valence-corrected chi connectivity index (χ4v) is 3.86. The summed E-state index contributed by atoms with van der Waals surface area (Å²) in [6, 6.07) is 18.8. The number of anilines is 1. The number of carbonyl (C=O) groups is 1. The number of carbonyl (C=O) groups excluding carboxylic acids is 1. The van der Waals surface area contributed by atoms with Crippen molar-refractivity contribution in [1.82, 2.24) is 20.2 Å². The van der Waals surface area contributed by atoms with Crippen LogP contribution >= 0.6 is 0 Å². The van der Waals surface area contributed by atoms with Gasteiger partial charge in [0.1, 0.15) is 23.1 Å². The number of nitrogens with zero attached hydrogens (tertiary/aromatic N) is 3. The number of ether oxygens (including phenoxy) is 1. The molecule has 7 nitrogen and oxygen atoms in total. The first-order chi connectivity index (χ1) is 15.6. The van der Waals surface area contributed by atoms with Gasteiger partial charge in [0.05, 0.1) is 6.54 Å². The second-order valence-corrected chi connectivity index (χ2v) is 7.97. The van der Waals surface area contributed by atoms with Crippen molar-refractivity contribution in [2.24, 2.45) is 0 Å². The Morgan fingerprint density at radius 3 is 2.56 bits per heavy atom. The van der Waals surface area contributed by atoms with E-state index in [9.17, 15) is 4.79 Å². The molecule has 7 heteroatoms. The first-order valence-electron chi connectivity index (χ1n) is 11.0. The average molecular weight is 432 g/mol. The van der Waals surface area contributed by atoms with E-state index in [1.54, 1.807) is 24.1 Å². The summed E-state index contributed by atoms with van der Waals surface area (Å²) in [5.74, 6) is 3.08. The molecule has 0 bridgehead atoms. The van der Waals surface area contributed by atoms with Crippen LogP contribution in [0, 0.1) is 0 Å². The van der Waals surface area contributed by atoms with Crippen LogP contribution in [0.15, 0.2) is 60.7 Å². The fourth-order valence-electron chi connectivity index (χ4n) is 3.86. The molecule has 2 N–H and O–H groups in total. The maximum absolute atomic E-state index is 13.1. The largest absolute Gasteiger partial charge is 0.457 e. The van der Waals surface area contributed by atoms with Crippen LogP contribution in [0.3, 0.4) is 0 Å². The van der Waals surface area contributed by atoms with E-state index >= 15 is 0 Å². The van der Waals surface area contributed by atoms with Crippen LogP contribution in [0.25, 0.3) is 0 Å². The number of amides is 1. The molecule has 2 heterocycles. The molecule has 1 fully saturated rings. The highest BCUT2D eigenvalue weighted by atomic mass is 16.5. The average Bonchev–Trinajstić information content (AvgIpc) is 2.84. The molecule has 0 atom stereocenters. The molecular weight excluding hydrogens is 402 g/mol. The number of aromatic nitrogens is 2. The van der Waals surface area contributed by atoms with Crippen molar-refractivity contribution in [3.8, 4) is 11.5 Å². The number of rotatable bonds is 7. The van der Waals surface area contributed by atoms with E-state index in [-0.39, 0.29) is 5.91 Å². The molecule has 2 aromatic carbocycles. The van der Waals surface area contributed by atoms with Gasteiger partial charge < -0.3 is 20.3 Å². The van der Waals surface area contributed by atoms with Crippen LogP contribution in [0.5, 0.6) is 11.5 Å². The van der Waals surface area contributed by atoms with Crippen molar-refractivity contribution in [3.63, 3.8) is 0 Å². The fraction of sp³-hybridized carbons (Fsp3) is 0.320. The SMILES string of the molecule is CNc1cc(C2CCNCC2)nc(CN(C)C(=O)c2cccc(Oc3ccccc3)c2)n1. The zero-order valence-electron chi connectivity index (χ0n) is 18.5. The molecule has 0 spiro atoms. The Balaban J connectivity index is 1.48. The second kappa shape index (κ2) is 10.2. The van der Waals surface area contributed by atoms with Gasteiger partial charge in [-0.25, -0.2) is 9.97 Å². The van der Waals surface area contributed by atoms with Crippen LogP contribution in [0.4, 0.5) is 5.82 Å². The number of hydrogen-bond acceptors (Lipinski definition) is 6. The molecule has 0 radical (unpaired) electrons. The molecule has 1 amide bonds. The highest BCUT2D eigenvalue weighted by molar-refractivity contribution is 5.94. The molecule has 4 rings (SSSR count). The van der Waals surface area contributed by atoms with E-state index in [2.05, 4.69) is 15.6 Å². The Kier molecular flexibility index (Phi) is 6.97. The number of nitrogens with one attached hydrogen (secondary N) is 2. The topological polar surface area (TPSA) is 79.4 Å². The maximum atomic E-state index is 13.1. The predicted octanol–water partition coefficient (Wildman–Crippen LogP) is 4.05. The summed E-state index contributed by atoms with van der Waals surface area (Å²) >= 11 is 0. The van der Waals surface area contributed by atoms with Gasteiger partial charge in [-0.05, 0) is 56.3 Å². The number of benzene rings is 2. The third-order valence-electron chi connectivity index (χ3n) is 5.59. The summed E-state index contributed by atoms with van der Waals surface area (Å²) < 4.78 is 5.87. The summed E-state index contributed by atoms with van der Waals surface area (Å²) in [7, 11) is 3.62. The molecule has 1 aliphatic heterocycles. The van der Waals surface area contributed by atoms with Crippen LogP contribution in [0.2, 0.25) is 0 Å². The minimum atomic E-state index is -0.106. The van der Waals surface area contributed by atoms with E-state index < -0.39 is 0 Å². The van der Waals surface area contributed by atoms with Crippen LogP contribution < -0.4 is 15.4 Å². The molecule has 1 aliphatic rings. The molecular formula is C25H29N5O2. The van der Waals surface area contributed by atoms with E-state index in [0.29, 0.717) is 29.6 Å². The molecule has 32 heavy (non-hydrogen) atoms. The zero-order chi connectivity index (χ0) is 22.3. The van der Waals surface area contributed by atoms with Gasteiger partial charge >= 0.3 is 0 Å². The normalized spacial score (nSPS) is 14.1. The summed E-state index contributed by atoms with van der Waals surface area (Å²) in [6.45, 7) is 2.33. The molecule has 1 saturated heterocycles. The van der Waals surface area contributed by atoms with Gasteiger partial charge in [-0.15, -0.1) is 0 Å². The van der Waals surface area contributed by atoms with Crippen LogP contribution in [-0.4, -0.2) is 48.0 Å². The molecule has 0 unspecified atom stereocenters. The van der Waals surface area contributed by atoms with Gasteiger partial charge in [-0.2, -0.15) is 0 Å². The minimum absolute atomic E-state index is 0.106. The van der Waals surface area contributed by atoms with Gasteiger partial charge in [0.25, 0.3) is 5.91 Å². The number of piperidine rings is 1. The lowest BCUT2D eigenvalue weighted by Gasteiger charge is -2.23. The highest BCUT2D eigenvalue weighted by Crippen LogP contribution is 2.26. The predicted molar refractivity (Wildman–Crippen MR) is 125 cm³/mol. The Bertz CT molecular complexity index is 1050. The number of hydrogen-bond donors (Lipinski definition) is 2. The molecule has 166 valence electrons. The standard InChI is InChI=1S/C25H29N5O2/c1-26-23-16-22(18-11-13-27-14-12-18)28-24(29-23)17-30(2)25(31)19-7-6-10-21(15-19)32-20-8-4-3-5-9-20/h3-10,15-16,18,27H,11-14,17H2,1-2H3,(H,26,28,29). The quantitative estimate of drug-likeness (QED) is 0.588. The van der Waals surface area contributed by atoms with Gasteiger partial charge in [-0.3, -0.25) is 4.79 Å². The maximum Gasteiger partial charge on any atom is 0.254 e. The lowest BCUT2D eigenvalue weighted by molar-refractivity contribution is 0.0781. The molecule has 3 aromatic rings. The number of para-hydroxylation sites is 1. The highest BCUT2D eigenvalue weighted by Gasteiger charge is 2.20. The minimum Gasteiger partial charge on any atom is -0.457 e. The van der Waals surface area contributed by atoms with Crippen molar-refractivity contribution in [2.45, 2.75) is 25.3 Å². The Labute approximate surface area is 188 Å². The third kappa shape index (κ3) is 5.42. The van der Waals surface area contributed by atoms with E-state index in [4.69, 9.17) is 9.72 Å². The first-order valence-corrected chi connectivity index (χ1v) is 11.0. The smallest absolute Gasteiger partial charge is 0.254 e. The lowest BCUT2D eigenvalue weighted by atomic mass is 9.94. The van der Waals surface area contributed by atoms with Crippen molar-refractivity contribution in [2.75, 3.05) is 32.5 Å². The van der Waals surface area contributed by atoms with E-state index in [1.807, 2.05) is 55.6 Å². The summed E-state index contributed by atoms with van der Waals surface area (Å²) in [5.41, 5.74) is 1.60. The van der Waals surface area contributed by atoms with Crippen molar-refractivity contribution in [3.05, 3.63) is 77.7 Å². The van der Waals surface area contributed by atoms with Gasteiger partial charge in [-0.1, -0.05) is 24.3 Å². The lowest BCUT2D eigenvalue weighted by Crippen LogP contribution is -2.29. The van der Waals surface area contributed by atoms with Crippen molar-refractivity contribution < 1.29 is 9.53 Å². The first kappa shape index (κ1) is 21.8. The monoisotopic (exact) mass is 431 g/mol. The van der Waals surface area contributed by atoms with E-state index in [1.165, 1.54) is 0 Å². The molecule has 0 saturated carbocycles. The summed E-state index contributed by atoms with van der Waals surface area (Å²) in [6.07, 6.45) is 2.12. The Morgan fingerprint density at radius 2 is 1.81 bits per heavy atom. The van der Waals surface area contributed by atoms with Crippen molar-refractivity contribution in [1.29, 1.82) is 0 Å². The molecule has 0 aliphatic carbocycles. The summed E-state index contributed by atoms with van der Waals surface area (Å²) in [4.78, 5) is 24.1. The van der Waals surface area contributed by atoms with Gasteiger partial charge in [0.2, 0.25) is 0 Å². The van der Waals surface area contributed by atoms with Gasteiger partial charge in [0.15, 0.2) is 0 Å².